The number of esters is 1. The van der Waals surface area contributed by atoms with Crippen LogP contribution in [0.5, 0.6) is 0 Å². The molecule has 9 N–H and O–H groups in total. The van der Waals surface area contributed by atoms with E-state index >= 15 is 0 Å². The van der Waals surface area contributed by atoms with Gasteiger partial charge in [-0.3, -0.25) is 33.6 Å². The van der Waals surface area contributed by atoms with Crippen LogP contribution in [0.3, 0.4) is 0 Å². The van der Waals surface area contributed by atoms with Crippen LogP contribution in [0.15, 0.2) is 84.6 Å². The van der Waals surface area contributed by atoms with Crippen LogP contribution in [0, 0.1) is 29.6 Å². The van der Waals surface area contributed by atoms with Crippen molar-refractivity contribution in [3.05, 3.63) is 106 Å². The predicted molar refractivity (Wildman–Crippen MR) is 335 cm³/mol. The van der Waals surface area contributed by atoms with Gasteiger partial charge in [0.15, 0.2) is 5.69 Å². The monoisotopic (exact) mass is 1340 g/mol. The zero-order valence-corrected chi connectivity index (χ0v) is 53.7. The highest BCUT2D eigenvalue weighted by atomic mass is 35.5. The Morgan fingerprint density at radius 3 is 2.26 bits per heavy atom. The third-order valence-electron chi connectivity index (χ3n) is 17.8. The van der Waals surface area contributed by atoms with Crippen molar-refractivity contribution >= 4 is 76.3 Å². The number of aliphatic hydroxyl groups is 5. The van der Waals surface area contributed by atoms with E-state index < -0.39 is 156 Å². The van der Waals surface area contributed by atoms with Crippen LogP contribution >= 0.6 is 11.6 Å². The third-order valence-corrected chi connectivity index (χ3v) is 18.0. The number of amides is 5. The molecule has 28 heteroatoms. The number of fused-ring (bicyclic) bond motifs is 3. The van der Waals surface area contributed by atoms with E-state index in [2.05, 4.69) is 32.9 Å². The van der Waals surface area contributed by atoms with Crippen LogP contribution in [0.2, 0.25) is 5.02 Å². The fraction of sp³-hybridized carbons (Fsp3) is 0.545. The van der Waals surface area contributed by atoms with E-state index in [9.17, 15) is 81.9 Å². The molecule has 3 aromatic rings. The van der Waals surface area contributed by atoms with Gasteiger partial charge in [-0.25, -0.2) is 9.48 Å². The minimum atomic E-state index is -5.10. The van der Waals surface area contributed by atoms with Crippen molar-refractivity contribution in [1.29, 1.82) is 0 Å². The molecule has 24 nitrogen and oxygen atoms in total. The van der Waals surface area contributed by atoms with Crippen molar-refractivity contribution < 1.29 is 96.1 Å². The molecule has 512 valence electrons. The first-order valence-corrected chi connectivity index (χ1v) is 31.7. The standard InChI is InChI=1S/C66H83ClF3N7O17/c1-7-55(84)74-44-28-43(67)29-45(30-44)75-62(88)48-33-73-77(59(48)66(68,69)70)46-17-15-40(16-18-46)61(87)72-21-20-71-56(85)13-10-11-41-23-35(2)24-47(79)31-53(83)58-42(34-78)26-37(4)65(91,94-58)60(86)63(89)76-22-9-8-12-49(76)64(90)93-57(38(5)51(81)32-52(41)82)36(3)25-39-14-19-50(80)54(27-39)92-6/h7,15-18,23,25,28-30,33-34,37-39,41-42,47,49-51,53-54,57-58,79-81,83,91H,1,8-14,19-22,24,26-27,31-32H2,2-6H3,(H,71,85)(H,72,87)(H,74,84)(H,75,88)/b35-23+,36-25+/t37-,38-,39+,41-,42-,47+,49+,50-,51+,53+,54-,57-,58+,65-/m1/s1. The lowest BCUT2D eigenvalue weighted by Gasteiger charge is -2.45. The van der Waals surface area contributed by atoms with Crippen LogP contribution < -0.4 is 21.3 Å². The van der Waals surface area contributed by atoms with E-state index in [1.807, 2.05) is 6.08 Å². The second-order valence-electron chi connectivity index (χ2n) is 24.9. The van der Waals surface area contributed by atoms with E-state index in [0.29, 0.717) is 54.2 Å². The summed E-state index contributed by atoms with van der Waals surface area (Å²) in [6, 6.07) is 7.38. The summed E-state index contributed by atoms with van der Waals surface area (Å²) in [5, 5.41) is 71.4. The second-order valence-corrected chi connectivity index (χ2v) is 25.3. The Labute approximate surface area is 546 Å². The minimum Gasteiger partial charge on any atom is -0.456 e. The number of Topliss-reactive ketones (excluding diaryl/α,β-unsaturated/α-hetero) is 2. The molecule has 2 aromatic carbocycles. The van der Waals surface area contributed by atoms with Crippen molar-refractivity contribution in [2.45, 2.75) is 172 Å². The lowest BCUT2D eigenvalue weighted by Crippen LogP contribution is -2.63. The number of piperidine rings is 1. The van der Waals surface area contributed by atoms with Crippen LogP contribution in [0.4, 0.5) is 24.5 Å². The predicted octanol–water partition coefficient (Wildman–Crippen LogP) is 5.88. The Kier molecular flexibility index (Phi) is 25.8. The average Bonchev–Trinajstić information content (AvgIpc) is 1.31. The van der Waals surface area contributed by atoms with Gasteiger partial charge in [-0.2, -0.15) is 18.3 Å². The number of allylic oxidation sites excluding steroid dienone is 2. The first-order valence-electron chi connectivity index (χ1n) is 31.4. The molecule has 3 aliphatic heterocycles. The number of aliphatic hydroxyl groups excluding tert-OH is 4. The zero-order valence-electron chi connectivity index (χ0n) is 52.9. The summed E-state index contributed by atoms with van der Waals surface area (Å²) in [6.45, 7) is 9.41. The smallest absolute Gasteiger partial charge is 0.434 e. The first kappa shape index (κ1) is 73.9. The number of carbonyl (C=O) groups is 9. The van der Waals surface area contributed by atoms with Crippen molar-refractivity contribution in [3.63, 3.8) is 0 Å². The molecule has 4 heterocycles. The van der Waals surface area contributed by atoms with Gasteiger partial charge in [0.25, 0.3) is 23.5 Å². The second kappa shape index (κ2) is 32.8. The van der Waals surface area contributed by atoms with Gasteiger partial charge in [0, 0.05) is 91.6 Å². The van der Waals surface area contributed by atoms with Gasteiger partial charge in [-0.1, -0.05) is 49.8 Å². The number of aldehydes is 1. The number of hydrogen-bond donors (Lipinski definition) is 9. The number of halogens is 4. The maximum Gasteiger partial charge on any atom is 0.434 e. The van der Waals surface area contributed by atoms with Crippen molar-refractivity contribution in [2.24, 2.45) is 29.6 Å². The Morgan fingerprint density at radius 2 is 1.59 bits per heavy atom. The van der Waals surface area contributed by atoms with E-state index in [4.69, 9.17) is 25.8 Å². The Balaban J connectivity index is 1.03. The van der Waals surface area contributed by atoms with E-state index in [1.165, 1.54) is 56.5 Å². The summed E-state index contributed by atoms with van der Waals surface area (Å²) in [6.07, 6.45) is -6.88. The van der Waals surface area contributed by atoms with Gasteiger partial charge in [0.1, 0.15) is 24.2 Å². The summed E-state index contributed by atoms with van der Waals surface area (Å²) in [7, 11) is 1.49. The van der Waals surface area contributed by atoms with Gasteiger partial charge in [-0.15, -0.1) is 0 Å². The summed E-state index contributed by atoms with van der Waals surface area (Å²) in [4.78, 5) is 122. The molecule has 0 unspecified atom stereocenters. The molecule has 7 rings (SSSR count). The SMILES string of the molecule is C=CC(=O)Nc1cc(Cl)cc(NC(=O)c2cnn(-c3ccc(C(=O)NCCNC(=O)CCC[C@@H]4/C=C(\C)C[C@H](O)C[C@H](O)[C@H]5O[C@@](O)(C(=O)C(=O)N6CCCC[C@H]6C(=O)O[C@H](/C(C)=C/[C@@H]6CC[C@@H](O)[C@H](OC)C6)[C@H](C)[C@@H](O)CC4=O)[C@H](C)C[C@@H]5C=O)cc3)c2C(F)(F)F)c1. The fourth-order valence-electron chi connectivity index (χ4n) is 12.7. The van der Waals surface area contributed by atoms with Crippen molar-refractivity contribution in [2.75, 3.05) is 37.4 Å². The average molecular weight is 1340 g/mol. The third kappa shape index (κ3) is 18.7. The number of benzene rings is 2. The Hall–Kier alpha value is -7.50. The fourth-order valence-corrected chi connectivity index (χ4v) is 12.9. The first-order chi connectivity index (χ1) is 44.5. The van der Waals surface area contributed by atoms with Crippen molar-refractivity contribution in [3.8, 4) is 5.69 Å². The molecule has 14 atom stereocenters. The highest BCUT2D eigenvalue weighted by Gasteiger charge is 2.56. The highest BCUT2D eigenvalue weighted by molar-refractivity contribution is 6.39. The van der Waals surface area contributed by atoms with Gasteiger partial charge in [-0.05, 0) is 138 Å². The minimum absolute atomic E-state index is 0.0277. The number of nitrogens with zero attached hydrogens (tertiary/aromatic N) is 3. The van der Waals surface area contributed by atoms with E-state index in [-0.39, 0.29) is 91.7 Å². The number of nitrogens with one attached hydrogen (secondary N) is 4. The molecule has 5 amide bonds. The number of ether oxygens (including phenoxy) is 3. The van der Waals surface area contributed by atoms with Crippen LogP contribution in [-0.4, -0.2) is 175 Å². The molecule has 1 saturated carbocycles. The van der Waals surface area contributed by atoms with Gasteiger partial charge in [0.05, 0.1) is 54.1 Å². The molecule has 2 saturated heterocycles. The molecule has 3 fully saturated rings. The van der Waals surface area contributed by atoms with Crippen LogP contribution in [-0.2, 0) is 53.9 Å². The molecule has 1 aromatic heterocycles. The quantitative estimate of drug-likeness (QED) is 0.0190. The maximum atomic E-state index is 14.6. The van der Waals surface area contributed by atoms with Crippen LogP contribution in [0.1, 0.15) is 138 Å². The molecule has 0 radical (unpaired) electrons. The number of aromatic nitrogens is 2. The molecular formula is C66H83ClF3N7O17. The molecule has 94 heavy (non-hydrogen) atoms. The largest absolute Gasteiger partial charge is 0.456 e. The number of hydrogen-bond acceptors (Lipinski definition) is 18. The lowest BCUT2D eigenvalue weighted by atomic mass is 9.79. The summed E-state index contributed by atoms with van der Waals surface area (Å²) in [5.41, 5.74) is -1.36. The number of rotatable bonds is 17. The topological polar surface area (TPSA) is 352 Å². The number of anilines is 2. The Morgan fingerprint density at radius 1 is 0.894 bits per heavy atom. The van der Waals surface area contributed by atoms with E-state index in [1.54, 1.807) is 26.8 Å². The number of cyclic esters (lactones) is 1. The summed E-state index contributed by atoms with van der Waals surface area (Å²) < 4.78 is 61.9. The summed E-state index contributed by atoms with van der Waals surface area (Å²) in [5.74, 6) is -14.2. The molecule has 1 aliphatic carbocycles. The van der Waals surface area contributed by atoms with Crippen LogP contribution in [0.25, 0.3) is 5.69 Å². The maximum absolute atomic E-state index is 14.6. The number of alkyl halides is 3. The lowest BCUT2D eigenvalue weighted by molar-refractivity contribution is -0.286. The molecule has 0 spiro atoms. The van der Waals surface area contributed by atoms with Gasteiger partial charge >= 0.3 is 12.1 Å². The Bertz CT molecular complexity index is 3340. The normalized spacial score (nSPS) is 29.3. The molecule has 4 aliphatic rings. The van der Waals surface area contributed by atoms with Crippen molar-refractivity contribution in [1.82, 2.24) is 25.3 Å². The highest BCUT2D eigenvalue weighted by Crippen LogP contribution is 2.40. The molecule has 2 bridgehead atoms. The van der Waals surface area contributed by atoms with Gasteiger partial charge in [0.2, 0.25) is 17.6 Å². The summed E-state index contributed by atoms with van der Waals surface area (Å²) >= 11 is 6.11. The zero-order chi connectivity index (χ0) is 68.9. The van der Waals surface area contributed by atoms with Gasteiger partial charge < -0.3 is 70.7 Å². The molecular weight excluding hydrogens is 1260 g/mol. The number of methoxy groups -OCH3 is 1. The van der Waals surface area contributed by atoms with E-state index in [0.717, 1.165) is 17.2 Å². The number of carbonyl (C=O) groups excluding carboxylic acids is 9. The number of ketones is 2.